The number of cyclic esters (lactones) is 1. The van der Waals surface area contributed by atoms with Gasteiger partial charge in [0.2, 0.25) is 6.29 Å². The minimum absolute atomic E-state index is 0.0435. The molecular weight excluding hydrogens is 373 g/mol. The third-order valence-electron chi connectivity index (χ3n) is 3.42. The molecule has 2 aromatic carbocycles. The second-order valence-electron chi connectivity index (χ2n) is 5.18. The molecule has 0 radical (unpaired) electrons. The Bertz CT molecular complexity index is 857. The predicted molar refractivity (Wildman–Crippen MR) is 89.0 cm³/mol. The van der Waals surface area contributed by atoms with E-state index in [1.165, 1.54) is 31.2 Å². The quantitative estimate of drug-likeness (QED) is 0.433. The van der Waals surface area contributed by atoms with Crippen molar-refractivity contribution in [3.8, 4) is 11.5 Å². The van der Waals surface area contributed by atoms with Crippen molar-refractivity contribution in [2.75, 3.05) is 0 Å². The molecule has 9 heteroatoms. The number of carbonyl (C=O) groups is 1. The number of benzene rings is 2. The molecule has 1 aliphatic heterocycles. The lowest BCUT2D eigenvalue weighted by Crippen LogP contribution is -2.09. The molecule has 0 saturated carbocycles. The third-order valence-corrected chi connectivity index (χ3v) is 3.95. The SMILES string of the molecule is CC1OC(=O)C(c2cc(Oc3ccc(Cl)cc3Cl)ccc2[N+](=O)[O-])O1. The van der Waals surface area contributed by atoms with Crippen LogP contribution in [0.3, 0.4) is 0 Å². The van der Waals surface area contributed by atoms with Crippen LogP contribution in [0, 0.1) is 10.1 Å². The Morgan fingerprint density at radius 1 is 1.20 bits per heavy atom. The summed E-state index contributed by atoms with van der Waals surface area (Å²) in [4.78, 5) is 22.5. The molecular formula is C16H11Cl2NO6. The number of nitro groups is 1. The summed E-state index contributed by atoms with van der Waals surface area (Å²) in [6.07, 6.45) is -1.98. The van der Waals surface area contributed by atoms with Crippen molar-refractivity contribution in [2.45, 2.75) is 19.3 Å². The summed E-state index contributed by atoms with van der Waals surface area (Å²) in [6, 6.07) is 8.64. The lowest BCUT2D eigenvalue weighted by Gasteiger charge is -2.11. The summed E-state index contributed by atoms with van der Waals surface area (Å²) < 4.78 is 15.9. The fourth-order valence-electron chi connectivity index (χ4n) is 2.36. The van der Waals surface area contributed by atoms with Gasteiger partial charge in [-0.2, -0.15) is 0 Å². The van der Waals surface area contributed by atoms with Gasteiger partial charge in [0, 0.05) is 11.1 Å². The zero-order valence-corrected chi connectivity index (χ0v) is 14.3. The average Bonchev–Trinajstić information content (AvgIpc) is 2.88. The molecule has 1 aliphatic rings. The first-order valence-corrected chi connectivity index (χ1v) is 7.88. The lowest BCUT2D eigenvalue weighted by molar-refractivity contribution is -0.386. The Morgan fingerprint density at radius 2 is 1.96 bits per heavy atom. The Labute approximate surface area is 152 Å². The van der Waals surface area contributed by atoms with E-state index in [2.05, 4.69) is 0 Å². The molecule has 1 fully saturated rings. The first kappa shape index (κ1) is 17.5. The maximum absolute atomic E-state index is 11.9. The van der Waals surface area contributed by atoms with Crippen LogP contribution in [0.15, 0.2) is 36.4 Å². The number of ether oxygens (including phenoxy) is 3. The Morgan fingerprint density at radius 3 is 2.56 bits per heavy atom. The van der Waals surface area contributed by atoms with E-state index in [9.17, 15) is 14.9 Å². The van der Waals surface area contributed by atoms with Crippen LogP contribution >= 0.6 is 23.2 Å². The summed E-state index contributed by atoms with van der Waals surface area (Å²) in [5.74, 6) is -0.132. The van der Waals surface area contributed by atoms with Gasteiger partial charge in [-0.1, -0.05) is 23.2 Å². The second kappa shape index (κ2) is 6.87. The first-order chi connectivity index (χ1) is 11.8. The lowest BCUT2D eigenvalue weighted by atomic mass is 10.1. The topological polar surface area (TPSA) is 87.9 Å². The average molecular weight is 384 g/mol. The zero-order chi connectivity index (χ0) is 18.1. The minimum atomic E-state index is -1.19. The molecule has 2 aromatic rings. The van der Waals surface area contributed by atoms with E-state index in [-0.39, 0.29) is 22.0 Å². The van der Waals surface area contributed by atoms with Crippen molar-refractivity contribution in [1.29, 1.82) is 0 Å². The van der Waals surface area contributed by atoms with E-state index in [1.54, 1.807) is 12.1 Å². The molecule has 2 atom stereocenters. The fourth-order valence-corrected chi connectivity index (χ4v) is 2.80. The van der Waals surface area contributed by atoms with Crippen LogP contribution in [0.5, 0.6) is 11.5 Å². The monoisotopic (exact) mass is 383 g/mol. The van der Waals surface area contributed by atoms with Crippen LogP contribution in [0.25, 0.3) is 0 Å². The smallest absolute Gasteiger partial charge is 0.342 e. The second-order valence-corrected chi connectivity index (χ2v) is 6.02. The van der Waals surface area contributed by atoms with E-state index in [0.29, 0.717) is 10.8 Å². The molecule has 2 unspecified atom stereocenters. The first-order valence-electron chi connectivity index (χ1n) is 7.12. The third kappa shape index (κ3) is 3.68. The van der Waals surface area contributed by atoms with Gasteiger partial charge >= 0.3 is 5.97 Å². The van der Waals surface area contributed by atoms with Gasteiger partial charge < -0.3 is 14.2 Å². The van der Waals surface area contributed by atoms with Gasteiger partial charge in [-0.05, 0) is 37.3 Å². The van der Waals surface area contributed by atoms with Gasteiger partial charge in [0.15, 0.2) is 6.10 Å². The summed E-state index contributed by atoms with van der Waals surface area (Å²) in [6.45, 7) is 1.53. The summed E-state index contributed by atoms with van der Waals surface area (Å²) in [5.41, 5.74) is -0.229. The van der Waals surface area contributed by atoms with Crippen LogP contribution in [0.4, 0.5) is 5.69 Å². The van der Waals surface area contributed by atoms with Crippen molar-refractivity contribution < 1.29 is 23.9 Å². The molecule has 1 heterocycles. The molecule has 0 aromatic heterocycles. The number of nitrogens with zero attached hydrogens (tertiary/aromatic N) is 1. The highest BCUT2D eigenvalue weighted by molar-refractivity contribution is 6.35. The molecule has 1 saturated heterocycles. The van der Waals surface area contributed by atoms with Gasteiger partial charge in [0.25, 0.3) is 5.69 Å². The fraction of sp³-hybridized carbons (Fsp3) is 0.188. The standard InChI is InChI=1S/C16H11Cl2NO6/c1-8-23-15(16(20)24-8)11-7-10(3-4-13(11)19(21)22)25-14-5-2-9(17)6-12(14)18/h2-8,15H,1H3. The molecule has 25 heavy (non-hydrogen) atoms. The maximum Gasteiger partial charge on any atom is 0.342 e. The number of carbonyl (C=O) groups excluding carboxylic acids is 1. The van der Waals surface area contributed by atoms with Crippen molar-refractivity contribution in [3.05, 3.63) is 62.1 Å². The highest BCUT2D eigenvalue weighted by atomic mass is 35.5. The highest BCUT2D eigenvalue weighted by Crippen LogP contribution is 2.38. The number of rotatable bonds is 4. The van der Waals surface area contributed by atoms with E-state index < -0.39 is 23.3 Å². The normalized spacial score (nSPS) is 19.6. The van der Waals surface area contributed by atoms with Gasteiger partial charge in [0.05, 0.1) is 15.5 Å². The molecule has 7 nitrogen and oxygen atoms in total. The molecule has 0 spiro atoms. The molecule has 0 aliphatic carbocycles. The van der Waals surface area contributed by atoms with Crippen LogP contribution in [0.1, 0.15) is 18.6 Å². The zero-order valence-electron chi connectivity index (χ0n) is 12.8. The molecule has 0 amide bonds. The Kier molecular flexibility index (Phi) is 4.80. The van der Waals surface area contributed by atoms with Crippen molar-refractivity contribution >= 4 is 34.9 Å². The molecule has 3 rings (SSSR count). The number of halogens is 2. The van der Waals surface area contributed by atoms with Crippen molar-refractivity contribution in [1.82, 2.24) is 0 Å². The number of hydrogen-bond donors (Lipinski definition) is 0. The van der Waals surface area contributed by atoms with E-state index >= 15 is 0 Å². The number of esters is 1. The van der Waals surface area contributed by atoms with Gasteiger partial charge in [-0.25, -0.2) is 4.79 Å². The van der Waals surface area contributed by atoms with Gasteiger partial charge in [-0.15, -0.1) is 0 Å². The van der Waals surface area contributed by atoms with Gasteiger partial charge in [-0.3, -0.25) is 10.1 Å². The minimum Gasteiger partial charge on any atom is -0.456 e. The van der Waals surface area contributed by atoms with Crippen LogP contribution in [-0.4, -0.2) is 17.2 Å². The van der Waals surface area contributed by atoms with Crippen LogP contribution in [-0.2, 0) is 14.3 Å². The maximum atomic E-state index is 11.9. The van der Waals surface area contributed by atoms with E-state index in [1.807, 2.05) is 0 Å². The molecule has 0 bridgehead atoms. The highest BCUT2D eigenvalue weighted by Gasteiger charge is 2.38. The van der Waals surface area contributed by atoms with E-state index in [0.717, 1.165) is 0 Å². The number of nitro benzene ring substituents is 1. The van der Waals surface area contributed by atoms with Crippen molar-refractivity contribution in [2.24, 2.45) is 0 Å². The Balaban J connectivity index is 1.98. The summed E-state index contributed by atoms with van der Waals surface area (Å²) in [5, 5.41) is 12.0. The van der Waals surface area contributed by atoms with Crippen LogP contribution in [0.2, 0.25) is 10.0 Å². The molecule has 0 N–H and O–H groups in total. The van der Waals surface area contributed by atoms with E-state index in [4.69, 9.17) is 37.4 Å². The van der Waals surface area contributed by atoms with Crippen LogP contribution < -0.4 is 4.74 Å². The summed E-state index contributed by atoms with van der Waals surface area (Å²) in [7, 11) is 0. The van der Waals surface area contributed by atoms with Gasteiger partial charge in [0.1, 0.15) is 11.5 Å². The predicted octanol–water partition coefficient (Wildman–Crippen LogP) is 4.65. The summed E-state index contributed by atoms with van der Waals surface area (Å²) >= 11 is 11.9. The van der Waals surface area contributed by atoms with Crippen molar-refractivity contribution in [3.63, 3.8) is 0 Å². The largest absolute Gasteiger partial charge is 0.456 e. The Hall–Kier alpha value is -2.35. The molecule has 130 valence electrons. The number of hydrogen-bond acceptors (Lipinski definition) is 6.